The lowest BCUT2D eigenvalue weighted by Gasteiger charge is -2.23. The van der Waals surface area contributed by atoms with Crippen molar-refractivity contribution in [3.8, 4) is 11.1 Å². The number of benzene rings is 2. The van der Waals surface area contributed by atoms with Crippen molar-refractivity contribution in [2.24, 2.45) is 0 Å². The van der Waals surface area contributed by atoms with Gasteiger partial charge in [-0.1, -0.05) is 18.2 Å². The van der Waals surface area contributed by atoms with Gasteiger partial charge in [0.25, 0.3) is 0 Å². The lowest BCUT2D eigenvalue weighted by Crippen LogP contribution is -2.44. The van der Waals surface area contributed by atoms with Crippen molar-refractivity contribution < 1.29 is 18.8 Å². The Hall–Kier alpha value is -4.58. The second-order valence-electron chi connectivity index (χ2n) is 9.82. The van der Waals surface area contributed by atoms with E-state index in [1.807, 2.05) is 30.3 Å². The van der Waals surface area contributed by atoms with E-state index in [2.05, 4.69) is 41.3 Å². The number of alkyl halides is 1. The molecule has 0 aliphatic carbocycles. The largest absolute Gasteiger partial charge is 0.326 e. The molecule has 0 bridgehead atoms. The molecule has 2 atom stereocenters. The number of fused-ring (bicyclic) bond motifs is 2. The summed E-state index contributed by atoms with van der Waals surface area (Å²) in [5.74, 6) is -0.970. The zero-order valence-electron chi connectivity index (χ0n) is 21.8. The second kappa shape index (κ2) is 10.8. The van der Waals surface area contributed by atoms with E-state index in [9.17, 15) is 18.8 Å². The van der Waals surface area contributed by atoms with Crippen LogP contribution in [0.25, 0.3) is 32.9 Å². The van der Waals surface area contributed by atoms with E-state index in [0.29, 0.717) is 15.5 Å². The quantitative estimate of drug-likeness (QED) is 0.219. The van der Waals surface area contributed by atoms with Gasteiger partial charge in [-0.25, -0.2) is 19.3 Å². The highest BCUT2D eigenvalue weighted by atomic mass is 79.9. The summed E-state index contributed by atoms with van der Waals surface area (Å²) in [6.45, 7) is 0.942. The van der Waals surface area contributed by atoms with E-state index in [1.165, 1.54) is 22.8 Å². The molecule has 3 aromatic heterocycles. The van der Waals surface area contributed by atoms with Crippen LogP contribution in [0.4, 0.5) is 10.2 Å². The van der Waals surface area contributed by atoms with Gasteiger partial charge in [0, 0.05) is 30.3 Å². The molecular formula is C29H23BrFN7O3. The fourth-order valence-corrected chi connectivity index (χ4v) is 5.46. The maximum absolute atomic E-state index is 14.5. The number of Topliss-reactive ketones (excluding diaryl/α,β-unsaturated/α-hetero) is 1. The Morgan fingerprint density at radius 3 is 2.71 bits per heavy atom. The third kappa shape index (κ3) is 5.30. The number of likely N-dealkylation sites (tertiary alicyclic amines) is 1. The number of hydrogen-bond acceptors (Lipinski definition) is 7. The average molecular weight is 616 g/mol. The lowest BCUT2D eigenvalue weighted by molar-refractivity contribution is -0.137. The summed E-state index contributed by atoms with van der Waals surface area (Å²) >= 11 is 3.25. The molecule has 5 aromatic rings. The van der Waals surface area contributed by atoms with Crippen molar-refractivity contribution >= 4 is 61.2 Å². The molecule has 0 spiro atoms. The van der Waals surface area contributed by atoms with Gasteiger partial charge in [-0.05, 0) is 63.5 Å². The van der Waals surface area contributed by atoms with E-state index >= 15 is 0 Å². The van der Waals surface area contributed by atoms with Gasteiger partial charge in [0.1, 0.15) is 41.2 Å². The molecule has 0 saturated carbocycles. The molecule has 12 heteroatoms. The highest BCUT2D eigenvalue weighted by Crippen LogP contribution is 2.29. The van der Waals surface area contributed by atoms with Crippen LogP contribution in [0.5, 0.6) is 0 Å². The smallest absolute Gasteiger partial charge is 0.248 e. The molecule has 1 aliphatic rings. The Morgan fingerprint density at radius 1 is 1.10 bits per heavy atom. The van der Waals surface area contributed by atoms with Crippen LogP contribution in [-0.2, 0) is 16.1 Å². The molecule has 2 aromatic carbocycles. The number of nitrogens with zero attached hydrogens (tertiary/aromatic N) is 6. The Balaban J connectivity index is 1.28. The highest BCUT2D eigenvalue weighted by molar-refractivity contribution is 9.10. The molecule has 10 nitrogen and oxygen atoms in total. The monoisotopic (exact) mass is 615 g/mol. The highest BCUT2D eigenvalue weighted by Gasteiger charge is 2.40. The van der Waals surface area contributed by atoms with Crippen molar-refractivity contribution in [1.82, 2.24) is 29.6 Å². The summed E-state index contributed by atoms with van der Waals surface area (Å²) in [4.78, 5) is 52.7. The molecule has 1 fully saturated rings. The van der Waals surface area contributed by atoms with Crippen LogP contribution < -0.4 is 5.32 Å². The zero-order chi connectivity index (χ0) is 28.7. The first kappa shape index (κ1) is 26.6. The first-order valence-electron chi connectivity index (χ1n) is 12.9. The predicted octanol–water partition coefficient (Wildman–Crippen LogP) is 4.58. The molecule has 0 radical (unpaired) electrons. The number of hydrogen-bond donors (Lipinski definition) is 1. The van der Waals surface area contributed by atoms with Crippen molar-refractivity contribution in [3.05, 3.63) is 77.4 Å². The molecule has 41 heavy (non-hydrogen) atoms. The fourth-order valence-electron chi connectivity index (χ4n) is 5.12. The first-order chi connectivity index (χ1) is 19.8. The number of carbonyl (C=O) groups excluding carboxylic acids is 3. The van der Waals surface area contributed by atoms with E-state index in [1.54, 1.807) is 30.5 Å². The van der Waals surface area contributed by atoms with Crippen molar-refractivity contribution in [2.45, 2.75) is 32.1 Å². The number of rotatable bonds is 6. The number of anilines is 1. The molecule has 1 N–H and O–H groups in total. The van der Waals surface area contributed by atoms with Crippen LogP contribution in [0.15, 0.2) is 71.7 Å². The third-order valence-electron chi connectivity index (χ3n) is 7.05. The summed E-state index contributed by atoms with van der Waals surface area (Å²) in [7, 11) is 0. The van der Waals surface area contributed by atoms with Crippen LogP contribution in [0.2, 0.25) is 0 Å². The SMILES string of the molecule is CC(=O)c1nn(CC(=O)N2C[C@H](F)C[C@H]2C(=O)Nc2cccc(Br)n2)c2ccc(-c3ccc4ncncc4c3)cc12. The molecule has 2 amide bonds. The molecule has 206 valence electrons. The molecule has 0 unspecified atom stereocenters. The fraction of sp³-hybridized carbons (Fsp3) is 0.207. The van der Waals surface area contributed by atoms with Gasteiger partial charge in [0.15, 0.2) is 5.78 Å². The Kier molecular flexibility index (Phi) is 7.00. The Morgan fingerprint density at radius 2 is 1.90 bits per heavy atom. The summed E-state index contributed by atoms with van der Waals surface area (Å²) in [6.07, 6.45) is 1.76. The summed E-state index contributed by atoms with van der Waals surface area (Å²) in [6, 6.07) is 15.4. The van der Waals surface area contributed by atoms with Crippen molar-refractivity contribution in [3.63, 3.8) is 0 Å². The van der Waals surface area contributed by atoms with Crippen molar-refractivity contribution in [1.29, 1.82) is 0 Å². The number of halogens is 2. The van der Waals surface area contributed by atoms with Gasteiger partial charge < -0.3 is 10.2 Å². The molecule has 1 saturated heterocycles. The van der Waals surface area contributed by atoms with Crippen LogP contribution in [-0.4, -0.2) is 66.0 Å². The third-order valence-corrected chi connectivity index (χ3v) is 7.49. The number of pyridine rings is 1. The number of amides is 2. The molecule has 6 rings (SSSR count). The average Bonchev–Trinajstić information content (AvgIpc) is 3.53. The van der Waals surface area contributed by atoms with Gasteiger partial charge in [-0.2, -0.15) is 5.10 Å². The topological polar surface area (TPSA) is 123 Å². The molecule has 1 aliphatic heterocycles. The van der Waals surface area contributed by atoms with Gasteiger partial charge in [0.2, 0.25) is 11.8 Å². The number of carbonyl (C=O) groups is 3. The number of ketones is 1. The van der Waals surface area contributed by atoms with E-state index in [0.717, 1.165) is 22.0 Å². The van der Waals surface area contributed by atoms with Crippen LogP contribution in [0, 0.1) is 0 Å². The first-order valence-corrected chi connectivity index (χ1v) is 13.6. The summed E-state index contributed by atoms with van der Waals surface area (Å²) in [5.41, 5.74) is 3.38. The van der Waals surface area contributed by atoms with Crippen LogP contribution in [0.1, 0.15) is 23.8 Å². The van der Waals surface area contributed by atoms with Crippen LogP contribution >= 0.6 is 15.9 Å². The second-order valence-corrected chi connectivity index (χ2v) is 10.6. The Bertz CT molecular complexity index is 1840. The van der Waals surface area contributed by atoms with Gasteiger partial charge in [0.05, 0.1) is 17.6 Å². The number of nitrogens with one attached hydrogen (secondary N) is 1. The minimum absolute atomic E-state index is 0.121. The van der Waals surface area contributed by atoms with E-state index in [4.69, 9.17) is 0 Å². The summed E-state index contributed by atoms with van der Waals surface area (Å²) < 4.78 is 16.4. The maximum atomic E-state index is 14.5. The zero-order valence-corrected chi connectivity index (χ0v) is 23.4. The lowest BCUT2D eigenvalue weighted by atomic mass is 10.0. The van der Waals surface area contributed by atoms with Crippen LogP contribution in [0.3, 0.4) is 0 Å². The molecular weight excluding hydrogens is 593 g/mol. The minimum atomic E-state index is -1.35. The summed E-state index contributed by atoms with van der Waals surface area (Å²) in [5, 5.41) is 8.57. The minimum Gasteiger partial charge on any atom is -0.326 e. The maximum Gasteiger partial charge on any atom is 0.248 e. The van der Waals surface area contributed by atoms with Gasteiger partial charge in [-0.15, -0.1) is 0 Å². The van der Waals surface area contributed by atoms with Crippen molar-refractivity contribution in [2.75, 3.05) is 11.9 Å². The van der Waals surface area contributed by atoms with Gasteiger partial charge in [-0.3, -0.25) is 19.1 Å². The predicted molar refractivity (Wildman–Crippen MR) is 154 cm³/mol. The van der Waals surface area contributed by atoms with Gasteiger partial charge >= 0.3 is 0 Å². The van der Waals surface area contributed by atoms with E-state index in [-0.39, 0.29) is 36.8 Å². The Labute approximate surface area is 241 Å². The normalized spacial score (nSPS) is 16.8. The standard InChI is InChI=1S/C29H23BrFN7O3/c1-16(39)28-21-10-18(17-5-7-22-19(9-17)12-32-15-33-22)6-8-23(21)38(36-28)14-27(40)37-13-20(31)11-24(37)29(41)35-26-4-2-3-25(30)34-26/h2-10,12,15,20,24H,11,13-14H2,1H3,(H,34,35,41)/t20-,24+/m1/s1. The number of aromatic nitrogens is 5. The van der Waals surface area contributed by atoms with E-state index < -0.39 is 24.0 Å². The molecule has 4 heterocycles.